The first kappa shape index (κ1) is 15.5. The Morgan fingerprint density at radius 2 is 1.80 bits per heavy atom. The maximum Gasteiger partial charge on any atom is 0.127 e. The summed E-state index contributed by atoms with van der Waals surface area (Å²) in [5.41, 5.74) is 1.66. The Balaban J connectivity index is 2.45. The van der Waals surface area contributed by atoms with E-state index < -0.39 is 0 Å². The molecule has 106 valence electrons. The summed E-state index contributed by atoms with van der Waals surface area (Å²) in [5, 5.41) is 1.27. The monoisotopic (exact) mass is 354 g/mol. The van der Waals surface area contributed by atoms with Gasteiger partial charge in [-0.15, -0.1) is 0 Å². The quantitative estimate of drug-likeness (QED) is 0.598. The molecule has 2 aromatic rings. The maximum absolute atomic E-state index is 14.1. The Labute approximate surface area is 133 Å². The van der Waals surface area contributed by atoms with E-state index in [1.54, 1.807) is 12.1 Å². The summed E-state index contributed by atoms with van der Waals surface area (Å²) in [6.45, 7) is 2.13. The van der Waals surface area contributed by atoms with Gasteiger partial charge in [0.25, 0.3) is 0 Å². The molecule has 1 unspecified atom stereocenters. The van der Waals surface area contributed by atoms with E-state index in [1.165, 1.54) is 11.6 Å². The highest BCUT2D eigenvalue weighted by Gasteiger charge is 2.31. The highest BCUT2D eigenvalue weighted by molar-refractivity contribution is 9.09. The van der Waals surface area contributed by atoms with Gasteiger partial charge in [-0.3, -0.25) is 0 Å². The number of hydrogen-bond donors (Lipinski definition) is 0. The Morgan fingerprint density at radius 3 is 2.35 bits per heavy atom. The second-order valence-electron chi connectivity index (χ2n) is 5.01. The van der Waals surface area contributed by atoms with Crippen molar-refractivity contribution in [1.29, 1.82) is 0 Å². The van der Waals surface area contributed by atoms with E-state index in [-0.39, 0.29) is 11.2 Å². The van der Waals surface area contributed by atoms with Crippen molar-refractivity contribution in [3.05, 3.63) is 70.5 Å². The summed E-state index contributed by atoms with van der Waals surface area (Å²) >= 11 is 9.79. The molecule has 0 spiro atoms. The van der Waals surface area contributed by atoms with Crippen molar-refractivity contribution in [2.24, 2.45) is 0 Å². The molecule has 0 aromatic heterocycles. The lowest BCUT2D eigenvalue weighted by Crippen LogP contribution is -2.30. The summed E-state index contributed by atoms with van der Waals surface area (Å²) in [6, 6.07) is 15.1. The summed E-state index contributed by atoms with van der Waals surface area (Å²) in [7, 11) is 0. The van der Waals surface area contributed by atoms with Gasteiger partial charge in [0, 0.05) is 21.3 Å². The van der Waals surface area contributed by atoms with Crippen LogP contribution in [0.25, 0.3) is 0 Å². The fourth-order valence-electron chi connectivity index (χ4n) is 2.48. The van der Waals surface area contributed by atoms with E-state index in [0.29, 0.717) is 17.0 Å². The molecule has 1 atom stereocenters. The average molecular weight is 356 g/mol. The Bertz CT molecular complexity index is 544. The van der Waals surface area contributed by atoms with Crippen molar-refractivity contribution >= 4 is 27.5 Å². The first-order valence-corrected chi connectivity index (χ1v) is 8.17. The number of halogens is 3. The molecule has 0 aliphatic carbocycles. The fourth-order valence-corrected chi connectivity index (χ4v) is 3.63. The van der Waals surface area contributed by atoms with Crippen LogP contribution in [-0.2, 0) is 11.8 Å². The third kappa shape index (κ3) is 3.07. The third-order valence-electron chi connectivity index (χ3n) is 3.90. The van der Waals surface area contributed by atoms with Gasteiger partial charge in [-0.05, 0) is 30.5 Å². The largest absolute Gasteiger partial charge is 0.207 e. The molecule has 0 saturated carbocycles. The lowest BCUT2D eigenvalue weighted by atomic mass is 9.75. The Kier molecular flexibility index (Phi) is 5.22. The fraction of sp³-hybridized carbons (Fsp3) is 0.294. The SMILES string of the molecule is CCC(CBr)(Cc1c(F)cccc1Cl)c1ccccc1. The molecule has 0 fully saturated rings. The third-order valence-corrected chi connectivity index (χ3v) is 5.32. The molecule has 2 aromatic carbocycles. The minimum atomic E-state index is -0.229. The molecule has 0 heterocycles. The zero-order valence-corrected chi connectivity index (χ0v) is 13.7. The molecule has 0 radical (unpaired) electrons. The molecule has 20 heavy (non-hydrogen) atoms. The summed E-state index contributed by atoms with van der Waals surface area (Å²) in [4.78, 5) is 0. The molecule has 0 N–H and O–H groups in total. The highest BCUT2D eigenvalue weighted by atomic mass is 79.9. The van der Waals surface area contributed by atoms with Gasteiger partial charge in [-0.2, -0.15) is 0 Å². The average Bonchev–Trinajstić information content (AvgIpc) is 2.49. The van der Waals surface area contributed by atoms with Gasteiger partial charge in [-0.1, -0.05) is 70.9 Å². The lowest BCUT2D eigenvalue weighted by Gasteiger charge is -2.32. The predicted octanol–water partition coefficient (Wildman–Crippen LogP) is 5.76. The van der Waals surface area contributed by atoms with Crippen molar-refractivity contribution in [2.45, 2.75) is 25.2 Å². The van der Waals surface area contributed by atoms with Crippen LogP contribution >= 0.6 is 27.5 Å². The van der Waals surface area contributed by atoms with Crippen LogP contribution in [0.1, 0.15) is 24.5 Å². The second-order valence-corrected chi connectivity index (χ2v) is 5.98. The molecule has 0 saturated heterocycles. The number of alkyl halides is 1. The number of rotatable bonds is 5. The van der Waals surface area contributed by atoms with Crippen LogP contribution in [0.4, 0.5) is 4.39 Å². The number of hydrogen-bond acceptors (Lipinski definition) is 0. The van der Waals surface area contributed by atoms with Crippen LogP contribution in [0, 0.1) is 5.82 Å². The van der Waals surface area contributed by atoms with Crippen LogP contribution in [0.15, 0.2) is 48.5 Å². The molecule has 0 amide bonds. The van der Waals surface area contributed by atoms with Crippen molar-refractivity contribution in [3.8, 4) is 0 Å². The number of benzene rings is 2. The predicted molar refractivity (Wildman–Crippen MR) is 87.3 cm³/mol. The van der Waals surface area contributed by atoms with Gasteiger partial charge in [-0.25, -0.2) is 4.39 Å². The van der Waals surface area contributed by atoms with Crippen LogP contribution in [-0.4, -0.2) is 5.33 Å². The van der Waals surface area contributed by atoms with E-state index >= 15 is 0 Å². The zero-order valence-electron chi connectivity index (χ0n) is 11.4. The first-order valence-electron chi connectivity index (χ1n) is 6.67. The molecule has 3 heteroatoms. The maximum atomic E-state index is 14.1. The van der Waals surface area contributed by atoms with Crippen LogP contribution in [0.2, 0.25) is 5.02 Å². The molecule has 0 aliphatic heterocycles. The second kappa shape index (κ2) is 6.73. The molecule has 0 aliphatic rings. The van der Waals surface area contributed by atoms with Crippen molar-refractivity contribution < 1.29 is 4.39 Å². The van der Waals surface area contributed by atoms with Gasteiger partial charge < -0.3 is 0 Å². The van der Waals surface area contributed by atoms with Gasteiger partial charge in [0.1, 0.15) is 5.82 Å². The Hall–Kier alpha value is -0.860. The Morgan fingerprint density at radius 1 is 1.10 bits per heavy atom. The summed E-state index contributed by atoms with van der Waals surface area (Å²) in [6.07, 6.45) is 1.50. The molecular formula is C17H17BrClF. The highest BCUT2D eigenvalue weighted by Crippen LogP contribution is 2.36. The van der Waals surface area contributed by atoms with Crippen molar-refractivity contribution in [3.63, 3.8) is 0 Å². The smallest absolute Gasteiger partial charge is 0.127 e. The zero-order chi connectivity index (χ0) is 14.6. The standard InChI is InChI=1S/C17H17BrClF/c1-2-17(12-18,13-7-4-3-5-8-13)11-14-15(19)9-6-10-16(14)20/h3-10H,2,11-12H2,1H3. The van der Waals surface area contributed by atoms with Gasteiger partial charge in [0.15, 0.2) is 0 Å². The first-order chi connectivity index (χ1) is 9.63. The molecule has 0 bridgehead atoms. The summed E-state index contributed by atoms with van der Waals surface area (Å²) < 4.78 is 14.1. The van der Waals surface area contributed by atoms with E-state index in [2.05, 4.69) is 35.0 Å². The normalized spacial score (nSPS) is 14.0. The molecular weight excluding hydrogens is 339 g/mol. The van der Waals surface area contributed by atoms with Crippen LogP contribution < -0.4 is 0 Å². The minimum Gasteiger partial charge on any atom is -0.207 e. The topological polar surface area (TPSA) is 0 Å². The van der Waals surface area contributed by atoms with E-state index in [0.717, 1.165) is 11.8 Å². The van der Waals surface area contributed by atoms with Crippen LogP contribution in [0.5, 0.6) is 0 Å². The van der Waals surface area contributed by atoms with Crippen molar-refractivity contribution in [2.75, 3.05) is 5.33 Å². The van der Waals surface area contributed by atoms with E-state index in [4.69, 9.17) is 11.6 Å². The lowest BCUT2D eigenvalue weighted by molar-refractivity contribution is 0.452. The van der Waals surface area contributed by atoms with Gasteiger partial charge in [0.2, 0.25) is 0 Å². The van der Waals surface area contributed by atoms with Gasteiger partial charge in [0.05, 0.1) is 0 Å². The van der Waals surface area contributed by atoms with Crippen molar-refractivity contribution in [1.82, 2.24) is 0 Å². The van der Waals surface area contributed by atoms with E-state index in [9.17, 15) is 4.39 Å². The van der Waals surface area contributed by atoms with Crippen LogP contribution in [0.3, 0.4) is 0 Å². The molecule has 0 nitrogen and oxygen atoms in total. The summed E-state index contributed by atoms with van der Waals surface area (Å²) in [5.74, 6) is -0.229. The van der Waals surface area contributed by atoms with E-state index in [1.807, 2.05) is 18.2 Å². The molecule has 2 rings (SSSR count). The van der Waals surface area contributed by atoms with Gasteiger partial charge >= 0.3 is 0 Å². The minimum absolute atomic E-state index is 0.146.